The average molecular weight is 155 g/mol. The zero-order valence-electron chi connectivity index (χ0n) is 7.47. The molecule has 64 valence electrons. The van der Waals surface area contributed by atoms with E-state index in [1.165, 1.54) is 26.1 Å². The largest absolute Gasteiger partial charge is 0.372 e. The van der Waals surface area contributed by atoms with Gasteiger partial charge in [0.2, 0.25) is 0 Å². The van der Waals surface area contributed by atoms with Crippen LogP contribution in [0.3, 0.4) is 0 Å². The van der Waals surface area contributed by atoms with Crippen molar-refractivity contribution in [2.45, 2.75) is 26.4 Å². The molecule has 0 aliphatic carbocycles. The van der Waals surface area contributed by atoms with Crippen molar-refractivity contribution in [3.05, 3.63) is 0 Å². The van der Waals surface area contributed by atoms with Gasteiger partial charge in [0.05, 0.1) is 12.7 Å². The third-order valence-electron chi connectivity index (χ3n) is 2.62. The Labute approximate surface area is 68.5 Å². The number of likely N-dealkylation sites (tertiary alicyclic amines) is 1. The molecule has 1 atom stereocenters. The van der Waals surface area contributed by atoms with Crippen LogP contribution < -0.4 is 0 Å². The SMILES string of the molecule is CC1(C)CCN(CC2CO2)C1. The van der Waals surface area contributed by atoms with Crippen molar-refractivity contribution in [1.82, 2.24) is 4.90 Å². The summed E-state index contributed by atoms with van der Waals surface area (Å²) in [5.41, 5.74) is 0.550. The quantitative estimate of drug-likeness (QED) is 0.555. The highest BCUT2D eigenvalue weighted by atomic mass is 16.6. The summed E-state index contributed by atoms with van der Waals surface area (Å²) < 4.78 is 5.20. The molecular weight excluding hydrogens is 138 g/mol. The van der Waals surface area contributed by atoms with Crippen molar-refractivity contribution in [3.8, 4) is 0 Å². The molecule has 2 saturated heterocycles. The smallest absolute Gasteiger partial charge is 0.0936 e. The van der Waals surface area contributed by atoms with Gasteiger partial charge in [-0.05, 0) is 18.4 Å². The van der Waals surface area contributed by atoms with E-state index in [2.05, 4.69) is 18.7 Å². The summed E-state index contributed by atoms with van der Waals surface area (Å²) >= 11 is 0. The molecule has 2 rings (SSSR count). The van der Waals surface area contributed by atoms with Crippen LogP contribution in [-0.2, 0) is 4.74 Å². The summed E-state index contributed by atoms with van der Waals surface area (Å²) in [4.78, 5) is 2.53. The van der Waals surface area contributed by atoms with Gasteiger partial charge in [0.25, 0.3) is 0 Å². The predicted molar refractivity (Wildman–Crippen MR) is 44.6 cm³/mol. The molecule has 0 amide bonds. The van der Waals surface area contributed by atoms with E-state index in [1.54, 1.807) is 0 Å². The maximum Gasteiger partial charge on any atom is 0.0936 e. The fraction of sp³-hybridized carbons (Fsp3) is 1.00. The number of epoxide rings is 1. The highest BCUT2D eigenvalue weighted by molar-refractivity contribution is 4.85. The Bertz CT molecular complexity index is 152. The fourth-order valence-electron chi connectivity index (χ4n) is 1.84. The lowest BCUT2D eigenvalue weighted by Gasteiger charge is -2.18. The average Bonchev–Trinajstić information content (AvgIpc) is 2.61. The van der Waals surface area contributed by atoms with E-state index >= 15 is 0 Å². The van der Waals surface area contributed by atoms with Crippen LogP contribution in [0.25, 0.3) is 0 Å². The first kappa shape index (κ1) is 7.56. The lowest BCUT2D eigenvalue weighted by molar-refractivity contribution is 0.259. The van der Waals surface area contributed by atoms with Gasteiger partial charge in [-0.1, -0.05) is 13.8 Å². The van der Waals surface area contributed by atoms with E-state index < -0.39 is 0 Å². The van der Waals surface area contributed by atoms with Crippen molar-refractivity contribution in [1.29, 1.82) is 0 Å². The Morgan fingerprint density at radius 1 is 1.55 bits per heavy atom. The zero-order valence-corrected chi connectivity index (χ0v) is 7.47. The first-order chi connectivity index (χ1) is 5.16. The molecule has 11 heavy (non-hydrogen) atoms. The number of nitrogens with zero attached hydrogens (tertiary/aromatic N) is 1. The molecule has 0 aromatic heterocycles. The standard InChI is InChI=1S/C9H17NO/c1-9(2)3-4-10(7-9)5-8-6-11-8/h8H,3-7H2,1-2H3. The summed E-state index contributed by atoms with van der Waals surface area (Å²) in [6, 6.07) is 0. The maximum atomic E-state index is 5.20. The predicted octanol–water partition coefficient (Wildman–Crippen LogP) is 1.12. The van der Waals surface area contributed by atoms with Crippen molar-refractivity contribution in [2.24, 2.45) is 5.41 Å². The Hall–Kier alpha value is -0.0800. The lowest BCUT2D eigenvalue weighted by Crippen LogP contribution is -2.27. The van der Waals surface area contributed by atoms with Gasteiger partial charge in [-0.3, -0.25) is 0 Å². The van der Waals surface area contributed by atoms with Gasteiger partial charge in [-0.25, -0.2) is 0 Å². The molecule has 0 aromatic carbocycles. The molecule has 0 radical (unpaired) electrons. The maximum absolute atomic E-state index is 5.20. The van der Waals surface area contributed by atoms with Crippen molar-refractivity contribution in [3.63, 3.8) is 0 Å². The molecule has 0 saturated carbocycles. The summed E-state index contributed by atoms with van der Waals surface area (Å²) in [7, 11) is 0. The fourth-order valence-corrected chi connectivity index (χ4v) is 1.84. The second-order valence-electron chi connectivity index (χ2n) is 4.60. The molecular formula is C9H17NO. The Morgan fingerprint density at radius 2 is 2.27 bits per heavy atom. The highest BCUT2D eigenvalue weighted by Gasteiger charge is 2.33. The summed E-state index contributed by atoms with van der Waals surface area (Å²) in [5.74, 6) is 0. The van der Waals surface area contributed by atoms with Crippen LogP contribution >= 0.6 is 0 Å². The van der Waals surface area contributed by atoms with E-state index in [4.69, 9.17) is 4.74 Å². The van der Waals surface area contributed by atoms with E-state index in [1.807, 2.05) is 0 Å². The van der Waals surface area contributed by atoms with Crippen LogP contribution in [0, 0.1) is 5.41 Å². The Morgan fingerprint density at radius 3 is 2.73 bits per heavy atom. The Balaban J connectivity index is 1.79. The molecule has 2 fully saturated rings. The molecule has 0 bridgehead atoms. The topological polar surface area (TPSA) is 15.8 Å². The molecule has 2 nitrogen and oxygen atoms in total. The lowest BCUT2D eigenvalue weighted by atomic mass is 9.93. The van der Waals surface area contributed by atoms with Gasteiger partial charge in [-0.15, -0.1) is 0 Å². The van der Waals surface area contributed by atoms with Gasteiger partial charge >= 0.3 is 0 Å². The summed E-state index contributed by atoms with van der Waals surface area (Å²) in [5, 5.41) is 0. The highest BCUT2D eigenvalue weighted by Crippen LogP contribution is 2.29. The van der Waals surface area contributed by atoms with Crippen LogP contribution in [0.15, 0.2) is 0 Å². The molecule has 1 unspecified atom stereocenters. The minimum atomic E-state index is 0.550. The zero-order chi connectivity index (χ0) is 7.90. The van der Waals surface area contributed by atoms with Gasteiger partial charge in [0, 0.05) is 13.1 Å². The van der Waals surface area contributed by atoms with Crippen molar-refractivity contribution < 1.29 is 4.74 Å². The monoisotopic (exact) mass is 155 g/mol. The van der Waals surface area contributed by atoms with E-state index in [0.717, 1.165) is 6.61 Å². The number of hydrogen-bond donors (Lipinski definition) is 0. The third kappa shape index (κ3) is 1.94. The summed E-state index contributed by atoms with van der Waals surface area (Å²) in [6.07, 6.45) is 1.92. The van der Waals surface area contributed by atoms with E-state index in [-0.39, 0.29) is 0 Å². The first-order valence-corrected chi connectivity index (χ1v) is 4.50. The number of ether oxygens (including phenoxy) is 1. The minimum Gasteiger partial charge on any atom is -0.372 e. The molecule has 2 aliphatic rings. The van der Waals surface area contributed by atoms with Crippen LogP contribution in [0.4, 0.5) is 0 Å². The van der Waals surface area contributed by atoms with Crippen LogP contribution in [0.2, 0.25) is 0 Å². The molecule has 2 heterocycles. The second-order valence-corrected chi connectivity index (χ2v) is 4.60. The molecule has 0 N–H and O–H groups in total. The number of rotatable bonds is 2. The van der Waals surface area contributed by atoms with Gasteiger partial charge in [0.1, 0.15) is 0 Å². The van der Waals surface area contributed by atoms with Gasteiger partial charge in [-0.2, -0.15) is 0 Å². The van der Waals surface area contributed by atoms with E-state index in [0.29, 0.717) is 11.5 Å². The Kier molecular flexibility index (Phi) is 1.69. The summed E-state index contributed by atoms with van der Waals surface area (Å²) in [6.45, 7) is 9.39. The second kappa shape index (κ2) is 2.46. The molecule has 2 aliphatic heterocycles. The normalized spacial score (nSPS) is 36.0. The van der Waals surface area contributed by atoms with Crippen molar-refractivity contribution >= 4 is 0 Å². The third-order valence-corrected chi connectivity index (χ3v) is 2.62. The van der Waals surface area contributed by atoms with E-state index in [9.17, 15) is 0 Å². The van der Waals surface area contributed by atoms with Gasteiger partial charge in [0.15, 0.2) is 0 Å². The van der Waals surface area contributed by atoms with Crippen molar-refractivity contribution in [2.75, 3.05) is 26.2 Å². The molecule has 0 aromatic rings. The van der Waals surface area contributed by atoms with Crippen LogP contribution in [-0.4, -0.2) is 37.2 Å². The molecule has 2 heteroatoms. The number of hydrogen-bond acceptors (Lipinski definition) is 2. The van der Waals surface area contributed by atoms with Crippen LogP contribution in [0.1, 0.15) is 20.3 Å². The van der Waals surface area contributed by atoms with Gasteiger partial charge < -0.3 is 9.64 Å². The first-order valence-electron chi connectivity index (χ1n) is 4.50. The van der Waals surface area contributed by atoms with Crippen LogP contribution in [0.5, 0.6) is 0 Å². The minimum absolute atomic E-state index is 0.550. The molecule has 0 spiro atoms.